The summed E-state index contributed by atoms with van der Waals surface area (Å²) in [5, 5.41) is 2.39. The first-order valence-corrected chi connectivity index (χ1v) is 6.89. The maximum Gasteiger partial charge on any atom is 0.0847 e. The second-order valence-electron chi connectivity index (χ2n) is 5.04. The molecule has 0 amide bonds. The summed E-state index contributed by atoms with van der Waals surface area (Å²) in [6.45, 7) is 0. The molecule has 0 aliphatic heterocycles. The normalized spacial score (nSPS) is 17.2. The Hall–Kier alpha value is -1.71. The summed E-state index contributed by atoms with van der Waals surface area (Å²) in [6.07, 6.45) is 8.97. The molecule has 3 heteroatoms. The maximum atomic E-state index is 5.80. The van der Waals surface area contributed by atoms with Gasteiger partial charge in [0.15, 0.2) is 0 Å². The quantitative estimate of drug-likeness (QED) is 0.501. The zero-order valence-electron chi connectivity index (χ0n) is 11.0. The second kappa shape index (κ2) is 5.51. The van der Waals surface area contributed by atoms with E-state index in [1.807, 2.05) is 12.3 Å². The van der Waals surface area contributed by atoms with Crippen LogP contribution < -0.4 is 11.3 Å². The van der Waals surface area contributed by atoms with E-state index in [0.29, 0.717) is 0 Å². The van der Waals surface area contributed by atoms with Crippen LogP contribution in [0.5, 0.6) is 0 Å². The molecule has 1 atom stereocenters. The van der Waals surface area contributed by atoms with Crippen LogP contribution in [0.4, 0.5) is 0 Å². The lowest BCUT2D eigenvalue weighted by atomic mass is 9.91. The molecule has 3 N–H and O–H groups in total. The lowest BCUT2D eigenvalue weighted by Gasteiger charge is -2.23. The molecule has 0 spiro atoms. The fourth-order valence-corrected chi connectivity index (χ4v) is 2.86. The summed E-state index contributed by atoms with van der Waals surface area (Å²) >= 11 is 0. The standard InChI is InChI=1S/C16H19N3/c17-19-15(13-7-2-1-3-8-13)16-14-9-5-4-6-12(14)10-11-18-16/h4-7,9-11,15,19H,1-3,8,17H2. The van der Waals surface area contributed by atoms with E-state index in [1.165, 1.54) is 29.2 Å². The average Bonchev–Trinajstić information content (AvgIpc) is 2.49. The third-order valence-corrected chi connectivity index (χ3v) is 3.84. The molecule has 0 saturated carbocycles. The summed E-state index contributed by atoms with van der Waals surface area (Å²) in [6, 6.07) is 10.4. The minimum atomic E-state index is 0.0337. The largest absolute Gasteiger partial charge is 0.271 e. The number of rotatable bonds is 3. The number of hydrogen-bond donors (Lipinski definition) is 2. The molecule has 0 saturated heterocycles. The minimum absolute atomic E-state index is 0.0337. The molecule has 1 unspecified atom stereocenters. The number of nitrogens with zero attached hydrogens (tertiary/aromatic N) is 1. The smallest absolute Gasteiger partial charge is 0.0847 e. The number of aromatic nitrogens is 1. The molecule has 1 heterocycles. The molecule has 0 radical (unpaired) electrons. The second-order valence-corrected chi connectivity index (χ2v) is 5.04. The third-order valence-electron chi connectivity index (χ3n) is 3.84. The molecule has 2 aromatic rings. The van der Waals surface area contributed by atoms with Crippen molar-refractivity contribution in [2.75, 3.05) is 0 Å². The van der Waals surface area contributed by atoms with Crippen LogP contribution in [0.15, 0.2) is 48.2 Å². The summed E-state index contributed by atoms with van der Waals surface area (Å²) in [7, 11) is 0. The molecule has 0 bridgehead atoms. The van der Waals surface area contributed by atoms with Crippen LogP contribution in [0.2, 0.25) is 0 Å². The van der Waals surface area contributed by atoms with E-state index >= 15 is 0 Å². The lowest BCUT2D eigenvalue weighted by Crippen LogP contribution is -2.30. The lowest BCUT2D eigenvalue weighted by molar-refractivity contribution is 0.559. The van der Waals surface area contributed by atoms with Gasteiger partial charge in [0, 0.05) is 11.6 Å². The van der Waals surface area contributed by atoms with Gasteiger partial charge in [0.05, 0.1) is 11.7 Å². The Balaban J connectivity index is 2.08. The Bertz CT molecular complexity index is 598. The molecule has 98 valence electrons. The monoisotopic (exact) mass is 253 g/mol. The van der Waals surface area contributed by atoms with Crippen molar-refractivity contribution in [1.82, 2.24) is 10.4 Å². The van der Waals surface area contributed by atoms with Crippen molar-refractivity contribution in [3.8, 4) is 0 Å². The van der Waals surface area contributed by atoms with Gasteiger partial charge < -0.3 is 0 Å². The van der Waals surface area contributed by atoms with Crippen LogP contribution in [0.1, 0.15) is 37.4 Å². The summed E-state index contributed by atoms with van der Waals surface area (Å²) in [5.41, 5.74) is 5.36. The number of benzene rings is 1. The van der Waals surface area contributed by atoms with Crippen molar-refractivity contribution in [1.29, 1.82) is 0 Å². The number of fused-ring (bicyclic) bond motifs is 1. The van der Waals surface area contributed by atoms with Gasteiger partial charge in [-0.25, -0.2) is 5.43 Å². The Morgan fingerprint density at radius 1 is 1.16 bits per heavy atom. The fraction of sp³-hybridized carbons (Fsp3) is 0.312. The van der Waals surface area contributed by atoms with Crippen LogP contribution in [0, 0.1) is 0 Å². The van der Waals surface area contributed by atoms with E-state index < -0.39 is 0 Å². The Kier molecular flexibility index (Phi) is 3.58. The van der Waals surface area contributed by atoms with Crippen molar-refractivity contribution < 1.29 is 0 Å². The number of hydrazine groups is 1. The number of pyridine rings is 1. The molecule has 0 fully saturated rings. The van der Waals surface area contributed by atoms with Gasteiger partial charge in [-0.2, -0.15) is 0 Å². The molecule has 3 nitrogen and oxygen atoms in total. The average molecular weight is 253 g/mol. The zero-order chi connectivity index (χ0) is 13.1. The van der Waals surface area contributed by atoms with Crippen LogP contribution in [-0.4, -0.2) is 4.98 Å². The van der Waals surface area contributed by atoms with Crippen molar-refractivity contribution in [3.05, 3.63) is 53.9 Å². The summed E-state index contributed by atoms with van der Waals surface area (Å²) in [4.78, 5) is 4.57. The van der Waals surface area contributed by atoms with Crippen LogP contribution in [-0.2, 0) is 0 Å². The first-order chi connectivity index (χ1) is 9.40. The number of nitrogens with one attached hydrogen (secondary N) is 1. The van der Waals surface area contributed by atoms with Gasteiger partial charge in [0.1, 0.15) is 0 Å². The Labute approximate surface area is 113 Å². The molecule has 1 aromatic carbocycles. The van der Waals surface area contributed by atoms with Gasteiger partial charge in [-0.1, -0.05) is 35.9 Å². The van der Waals surface area contributed by atoms with E-state index in [1.54, 1.807) is 0 Å². The van der Waals surface area contributed by atoms with Gasteiger partial charge in [-0.3, -0.25) is 10.8 Å². The van der Waals surface area contributed by atoms with E-state index in [9.17, 15) is 0 Å². The van der Waals surface area contributed by atoms with Gasteiger partial charge in [-0.05, 0) is 37.1 Å². The number of hydrogen-bond acceptors (Lipinski definition) is 3. The van der Waals surface area contributed by atoms with E-state index in [4.69, 9.17) is 5.84 Å². The fourth-order valence-electron chi connectivity index (χ4n) is 2.86. The molecular formula is C16H19N3. The first kappa shape index (κ1) is 12.3. The Morgan fingerprint density at radius 2 is 2.05 bits per heavy atom. The zero-order valence-corrected chi connectivity index (χ0v) is 11.0. The molecule has 1 aliphatic carbocycles. The molecule has 3 rings (SSSR count). The third kappa shape index (κ3) is 2.39. The highest BCUT2D eigenvalue weighted by molar-refractivity contribution is 5.85. The highest BCUT2D eigenvalue weighted by Crippen LogP contribution is 2.31. The van der Waals surface area contributed by atoms with Crippen molar-refractivity contribution >= 4 is 10.8 Å². The predicted octanol–water partition coefficient (Wildman–Crippen LogP) is 3.24. The number of nitrogens with two attached hydrogens (primary N) is 1. The minimum Gasteiger partial charge on any atom is -0.271 e. The highest BCUT2D eigenvalue weighted by atomic mass is 15.2. The van der Waals surface area contributed by atoms with E-state index in [2.05, 4.69) is 40.8 Å². The molecule has 19 heavy (non-hydrogen) atoms. The summed E-state index contributed by atoms with van der Waals surface area (Å²) < 4.78 is 0. The van der Waals surface area contributed by atoms with Crippen LogP contribution >= 0.6 is 0 Å². The Morgan fingerprint density at radius 3 is 2.84 bits per heavy atom. The van der Waals surface area contributed by atoms with Crippen LogP contribution in [0.3, 0.4) is 0 Å². The maximum absolute atomic E-state index is 5.80. The van der Waals surface area contributed by atoms with E-state index in [-0.39, 0.29) is 6.04 Å². The van der Waals surface area contributed by atoms with Crippen LogP contribution in [0.25, 0.3) is 10.8 Å². The van der Waals surface area contributed by atoms with Gasteiger partial charge in [0.25, 0.3) is 0 Å². The number of allylic oxidation sites excluding steroid dienone is 1. The highest BCUT2D eigenvalue weighted by Gasteiger charge is 2.19. The van der Waals surface area contributed by atoms with Gasteiger partial charge in [0.2, 0.25) is 0 Å². The van der Waals surface area contributed by atoms with Crippen molar-refractivity contribution in [2.24, 2.45) is 5.84 Å². The topological polar surface area (TPSA) is 50.9 Å². The van der Waals surface area contributed by atoms with Crippen molar-refractivity contribution in [3.63, 3.8) is 0 Å². The van der Waals surface area contributed by atoms with Crippen molar-refractivity contribution in [2.45, 2.75) is 31.7 Å². The summed E-state index contributed by atoms with van der Waals surface area (Å²) in [5.74, 6) is 5.80. The van der Waals surface area contributed by atoms with Gasteiger partial charge >= 0.3 is 0 Å². The predicted molar refractivity (Wildman–Crippen MR) is 78.4 cm³/mol. The molecule has 1 aliphatic rings. The first-order valence-electron chi connectivity index (χ1n) is 6.89. The van der Waals surface area contributed by atoms with E-state index in [0.717, 1.165) is 18.5 Å². The molecular weight excluding hydrogens is 234 g/mol. The SMILES string of the molecule is NNC(C1=CCCCC1)c1nccc2ccccc12. The molecule has 1 aromatic heterocycles. The van der Waals surface area contributed by atoms with Gasteiger partial charge in [-0.15, -0.1) is 0 Å².